The average molecular weight is 446 g/mol. The number of esters is 1. The fourth-order valence-corrected chi connectivity index (χ4v) is 3.12. The van der Waals surface area contributed by atoms with Crippen LogP contribution in [0.25, 0.3) is 5.78 Å². The van der Waals surface area contributed by atoms with Crippen LogP contribution in [0.5, 0.6) is 11.5 Å². The first-order valence-corrected chi connectivity index (χ1v) is 10.1. The molecule has 0 atom stereocenters. The molecule has 0 aliphatic rings. The fraction of sp³-hybridized carbons (Fsp3) is 0.217. The zero-order chi connectivity index (χ0) is 23.6. The van der Waals surface area contributed by atoms with Gasteiger partial charge in [0.05, 0.1) is 13.3 Å². The molecule has 10 heteroatoms. The van der Waals surface area contributed by atoms with E-state index in [2.05, 4.69) is 20.4 Å². The van der Waals surface area contributed by atoms with Crippen LogP contribution in [0, 0.1) is 0 Å². The van der Waals surface area contributed by atoms with Crippen LogP contribution in [0.1, 0.15) is 42.4 Å². The van der Waals surface area contributed by atoms with Crippen molar-refractivity contribution in [3.63, 3.8) is 0 Å². The maximum Gasteiger partial charge on any atom is 0.347 e. The maximum absolute atomic E-state index is 13.1. The van der Waals surface area contributed by atoms with Crippen molar-refractivity contribution >= 4 is 18.0 Å². The van der Waals surface area contributed by atoms with Crippen molar-refractivity contribution in [1.82, 2.24) is 24.5 Å². The van der Waals surface area contributed by atoms with Crippen LogP contribution in [0.15, 0.2) is 64.8 Å². The Kier molecular flexibility index (Phi) is 5.74. The molecule has 10 nitrogen and oxygen atoms in total. The molecular weight excluding hydrogens is 424 g/mol. The molecule has 0 saturated carbocycles. The summed E-state index contributed by atoms with van der Waals surface area (Å²) in [5.74, 6) is 0.255. The van der Waals surface area contributed by atoms with Crippen molar-refractivity contribution in [3.8, 4) is 11.5 Å². The summed E-state index contributed by atoms with van der Waals surface area (Å²) in [6.45, 7) is 5.65. The molecule has 0 radical (unpaired) electrons. The third-order valence-electron chi connectivity index (χ3n) is 4.78. The van der Waals surface area contributed by atoms with E-state index in [4.69, 9.17) is 9.47 Å². The number of aromatic nitrogens is 5. The third kappa shape index (κ3) is 4.36. The molecule has 2 aromatic carbocycles. The summed E-state index contributed by atoms with van der Waals surface area (Å²) < 4.78 is 13.4. The molecule has 33 heavy (non-hydrogen) atoms. The third-order valence-corrected chi connectivity index (χ3v) is 4.78. The quantitative estimate of drug-likeness (QED) is 0.263. The van der Waals surface area contributed by atoms with Gasteiger partial charge < -0.3 is 9.47 Å². The SMILES string of the molecule is COc1ccccc1C(=O)Oc1ccccc1/C=N/n1c(=O)c(C(C)(C)C)nn2cnnc12. The Hall–Kier alpha value is -4.34. The second-order valence-corrected chi connectivity index (χ2v) is 8.16. The van der Waals surface area contributed by atoms with E-state index in [-0.39, 0.29) is 17.1 Å². The Morgan fingerprint density at radius 1 is 1.06 bits per heavy atom. The number of rotatable bonds is 5. The van der Waals surface area contributed by atoms with E-state index in [9.17, 15) is 9.59 Å². The number of benzene rings is 2. The zero-order valence-corrected chi connectivity index (χ0v) is 18.6. The van der Waals surface area contributed by atoms with Crippen LogP contribution in [0.2, 0.25) is 0 Å². The summed E-state index contributed by atoms with van der Waals surface area (Å²) in [5, 5.41) is 16.4. The van der Waals surface area contributed by atoms with E-state index in [1.807, 2.05) is 20.8 Å². The highest BCUT2D eigenvalue weighted by Gasteiger charge is 2.24. The second-order valence-electron chi connectivity index (χ2n) is 8.16. The van der Waals surface area contributed by atoms with E-state index in [1.54, 1.807) is 48.5 Å². The van der Waals surface area contributed by atoms with Crippen LogP contribution in [0.3, 0.4) is 0 Å². The van der Waals surface area contributed by atoms with Gasteiger partial charge in [-0.05, 0) is 24.3 Å². The number of hydrogen-bond acceptors (Lipinski definition) is 8. The number of methoxy groups -OCH3 is 1. The Morgan fingerprint density at radius 2 is 1.76 bits per heavy atom. The Labute approximate surface area is 189 Å². The van der Waals surface area contributed by atoms with Gasteiger partial charge in [-0.15, -0.1) is 10.2 Å². The van der Waals surface area contributed by atoms with Crippen molar-refractivity contribution in [2.24, 2.45) is 5.10 Å². The van der Waals surface area contributed by atoms with Gasteiger partial charge in [0.2, 0.25) is 0 Å². The highest BCUT2D eigenvalue weighted by Crippen LogP contribution is 2.22. The molecule has 168 valence electrons. The summed E-state index contributed by atoms with van der Waals surface area (Å²) >= 11 is 0. The van der Waals surface area contributed by atoms with Crippen LogP contribution in [-0.2, 0) is 5.41 Å². The normalized spacial score (nSPS) is 11.8. The van der Waals surface area contributed by atoms with Gasteiger partial charge in [0.25, 0.3) is 11.3 Å². The number of carbonyl (C=O) groups is 1. The Balaban J connectivity index is 1.72. The Bertz CT molecular complexity index is 1410. The molecule has 2 aromatic heterocycles. The monoisotopic (exact) mass is 446 g/mol. The van der Waals surface area contributed by atoms with E-state index in [1.165, 1.54) is 24.2 Å². The van der Waals surface area contributed by atoms with E-state index >= 15 is 0 Å². The molecule has 0 N–H and O–H groups in total. The van der Waals surface area contributed by atoms with Gasteiger partial charge >= 0.3 is 5.97 Å². The molecule has 0 saturated heterocycles. The lowest BCUT2D eigenvalue weighted by Gasteiger charge is -2.17. The number of fused-ring (bicyclic) bond motifs is 1. The molecule has 0 bridgehead atoms. The van der Waals surface area contributed by atoms with Crippen molar-refractivity contribution in [3.05, 3.63) is 82.0 Å². The zero-order valence-electron chi connectivity index (χ0n) is 18.6. The first-order valence-electron chi connectivity index (χ1n) is 10.1. The van der Waals surface area contributed by atoms with Gasteiger partial charge in [0.1, 0.15) is 29.1 Å². The molecule has 0 spiro atoms. The predicted octanol–water partition coefficient (Wildman–Crippen LogP) is 2.69. The fourth-order valence-electron chi connectivity index (χ4n) is 3.12. The molecule has 4 aromatic rings. The minimum atomic E-state index is -0.579. The lowest BCUT2D eigenvalue weighted by molar-refractivity contribution is 0.0731. The van der Waals surface area contributed by atoms with Crippen LogP contribution in [0.4, 0.5) is 0 Å². The second kappa shape index (κ2) is 8.65. The summed E-state index contributed by atoms with van der Waals surface area (Å²) in [7, 11) is 1.48. The number of hydrogen-bond donors (Lipinski definition) is 0. The molecule has 2 heterocycles. The molecule has 0 unspecified atom stereocenters. The van der Waals surface area contributed by atoms with Gasteiger partial charge in [0, 0.05) is 11.0 Å². The largest absolute Gasteiger partial charge is 0.496 e. The first kappa shape index (κ1) is 21.9. The number of para-hydroxylation sites is 2. The molecule has 0 amide bonds. The minimum Gasteiger partial charge on any atom is -0.496 e. The number of carbonyl (C=O) groups excluding carboxylic acids is 1. The summed E-state index contributed by atoms with van der Waals surface area (Å²) in [6.07, 6.45) is 2.83. The standard InChI is InChI=1S/C23H22N6O4/c1-23(2,3)19-20(30)29(22-26-24-14-28(22)27-19)25-13-15-9-5-7-11-17(15)33-21(31)16-10-6-8-12-18(16)32-4/h5-14H,1-4H3/b25-13+. The van der Waals surface area contributed by atoms with Crippen molar-refractivity contribution in [1.29, 1.82) is 0 Å². The van der Waals surface area contributed by atoms with Gasteiger partial charge in [0.15, 0.2) is 0 Å². The minimum absolute atomic E-state index is 0.160. The summed E-state index contributed by atoms with van der Waals surface area (Å²) in [6, 6.07) is 13.6. The van der Waals surface area contributed by atoms with Gasteiger partial charge in [-0.3, -0.25) is 4.79 Å². The first-order chi connectivity index (χ1) is 15.8. The van der Waals surface area contributed by atoms with Gasteiger partial charge in [-0.1, -0.05) is 45.0 Å². The molecule has 0 aliphatic carbocycles. The molecular formula is C23H22N6O4. The summed E-state index contributed by atoms with van der Waals surface area (Å²) in [4.78, 5) is 25.8. The Morgan fingerprint density at radius 3 is 2.48 bits per heavy atom. The van der Waals surface area contributed by atoms with Crippen LogP contribution >= 0.6 is 0 Å². The van der Waals surface area contributed by atoms with Crippen molar-refractivity contribution in [2.45, 2.75) is 26.2 Å². The topological polar surface area (TPSA) is 113 Å². The van der Waals surface area contributed by atoms with Crippen LogP contribution in [-0.4, -0.2) is 43.8 Å². The van der Waals surface area contributed by atoms with Crippen molar-refractivity contribution < 1.29 is 14.3 Å². The highest BCUT2D eigenvalue weighted by molar-refractivity contribution is 5.95. The predicted molar refractivity (Wildman–Crippen MR) is 121 cm³/mol. The lowest BCUT2D eigenvalue weighted by atomic mass is 9.93. The van der Waals surface area contributed by atoms with Gasteiger partial charge in [-0.2, -0.15) is 19.4 Å². The van der Waals surface area contributed by atoms with E-state index < -0.39 is 16.9 Å². The molecule has 0 fully saturated rings. The number of nitrogens with zero attached hydrogens (tertiary/aromatic N) is 6. The van der Waals surface area contributed by atoms with Crippen LogP contribution < -0.4 is 15.0 Å². The van der Waals surface area contributed by atoms with E-state index in [0.29, 0.717) is 17.0 Å². The highest BCUT2D eigenvalue weighted by atomic mass is 16.5. The smallest absolute Gasteiger partial charge is 0.347 e. The van der Waals surface area contributed by atoms with Crippen molar-refractivity contribution in [2.75, 3.05) is 7.11 Å². The summed E-state index contributed by atoms with van der Waals surface area (Å²) in [5.41, 5.74) is 0.150. The lowest BCUT2D eigenvalue weighted by Crippen LogP contribution is -2.33. The molecule has 4 rings (SSSR count). The maximum atomic E-state index is 13.1. The van der Waals surface area contributed by atoms with Gasteiger partial charge in [-0.25, -0.2) is 4.79 Å². The molecule has 0 aliphatic heterocycles. The van der Waals surface area contributed by atoms with E-state index in [0.717, 1.165) is 4.68 Å². The number of ether oxygens (including phenoxy) is 2. The average Bonchev–Trinajstić information content (AvgIpc) is 3.26.